The first-order valence-corrected chi connectivity index (χ1v) is 8.78. The number of anilines is 3. The van der Waals surface area contributed by atoms with E-state index in [1.807, 2.05) is 0 Å². The third-order valence-electron chi connectivity index (χ3n) is 4.21. The Bertz CT molecular complexity index is 981. The first-order chi connectivity index (χ1) is 14.0. The lowest BCUT2D eigenvalue weighted by Gasteiger charge is -2.15. The zero-order valence-electron chi connectivity index (χ0n) is 16.3. The van der Waals surface area contributed by atoms with Crippen LogP contribution in [0.25, 0.3) is 0 Å². The molecule has 29 heavy (non-hydrogen) atoms. The van der Waals surface area contributed by atoms with Gasteiger partial charge >= 0.3 is 0 Å². The Hall–Kier alpha value is -3.74. The molecule has 0 spiro atoms. The molecule has 3 rings (SSSR count). The highest BCUT2D eigenvalue weighted by Crippen LogP contribution is 2.40. The van der Waals surface area contributed by atoms with E-state index in [0.29, 0.717) is 22.9 Å². The molecule has 150 valence electrons. The quantitative estimate of drug-likeness (QED) is 0.598. The maximum absolute atomic E-state index is 13.7. The molecule has 0 saturated heterocycles. The van der Waals surface area contributed by atoms with Gasteiger partial charge in [-0.3, -0.25) is 4.79 Å². The van der Waals surface area contributed by atoms with Gasteiger partial charge in [0.05, 0.1) is 26.9 Å². The molecule has 6 nitrogen and oxygen atoms in total. The number of rotatable bonds is 7. The predicted molar refractivity (Wildman–Crippen MR) is 110 cm³/mol. The van der Waals surface area contributed by atoms with Crippen LogP contribution in [0.2, 0.25) is 0 Å². The van der Waals surface area contributed by atoms with Gasteiger partial charge in [-0.1, -0.05) is 12.1 Å². The van der Waals surface area contributed by atoms with Gasteiger partial charge in [-0.2, -0.15) is 0 Å². The highest BCUT2D eigenvalue weighted by Gasteiger charge is 2.14. The average molecular weight is 396 g/mol. The Labute approximate surface area is 168 Å². The summed E-state index contributed by atoms with van der Waals surface area (Å²) in [6.07, 6.45) is 0. The molecule has 0 atom stereocenters. The lowest BCUT2D eigenvalue weighted by Crippen LogP contribution is -2.13. The van der Waals surface area contributed by atoms with E-state index in [-0.39, 0.29) is 5.56 Å². The fourth-order valence-electron chi connectivity index (χ4n) is 2.80. The highest BCUT2D eigenvalue weighted by atomic mass is 19.1. The summed E-state index contributed by atoms with van der Waals surface area (Å²) in [5, 5.41) is 5.92. The number of amides is 1. The molecule has 0 aromatic heterocycles. The second kappa shape index (κ2) is 8.97. The van der Waals surface area contributed by atoms with E-state index in [4.69, 9.17) is 14.2 Å². The van der Waals surface area contributed by atoms with E-state index >= 15 is 0 Å². The number of carbonyl (C=O) groups excluding carboxylic acids is 1. The summed E-state index contributed by atoms with van der Waals surface area (Å²) in [5.74, 6) is 0.497. The molecule has 0 radical (unpaired) electrons. The molecular weight excluding hydrogens is 375 g/mol. The molecule has 2 N–H and O–H groups in total. The van der Waals surface area contributed by atoms with Crippen molar-refractivity contribution in [3.63, 3.8) is 0 Å². The summed E-state index contributed by atoms with van der Waals surface area (Å²) in [5.41, 5.74) is 2.06. The van der Waals surface area contributed by atoms with Crippen molar-refractivity contribution < 1.29 is 23.4 Å². The average Bonchev–Trinajstić information content (AvgIpc) is 2.74. The molecule has 1 amide bonds. The number of nitrogens with one attached hydrogen (secondary N) is 2. The zero-order chi connectivity index (χ0) is 20.8. The molecule has 0 aliphatic carbocycles. The molecule has 3 aromatic rings. The molecular formula is C22H21FN2O4. The number of ether oxygens (including phenoxy) is 3. The molecule has 0 bridgehead atoms. The van der Waals surface area contributed by atoms with Crippen molar-refractivity contribution in [1.82, 2.24) is 0 Å². The Morgan fingerprint density at radius 3 is 1.93 bits per heavy atom. The smallest absolute Gasteiger partial charge is 0.258 e. The van der Waals surface area contributed by atoms with E-state index < -0.39 is 11.7 Å². The van der Waals surface area contributed by atoms with Crippen LogP contribution in [0.15, 0.2) is 60.7 Å². The number of carbonyl (C=O) groups is 1. The number of benzene rings is 3. The summed E-state index contributed by atoms with van der Waals surface area (Å²) in [4.78, 5) is 12.2. The number of hydrogen-bond acceptors (Lipinski definition) is 5. The molecule has 0 aliphatic rings. The third kappa shape index (κ3) is 4.57. The van der Waals surface area contributed by atoms with Crippen molar-refractivity contribution in [3.8, 4) is 17.2 Å². The van der Waals surface area contributed by atoms with Crippen LogP contribution in [-0.4, -0.2) is 27.2 Å². The highest BCUT2D eigenvalue weighted by molar-refractivity contribution is 6.04. The molecule has 0 aliphatic heterocycles. The lowest BCUT2D eigenvalue weighted by molar-refractivity contribution is 0.102. The number of halogens is 1. The van der Waals surface area contributed by atoms with Crippen molar-refractivity contribution in [3.05, 3.63) is 72.0 Å². The maximum atomic E-state index is 13.7. The van der Waals surface area contributed by atoms with Crippen molar-refractivity contribution in [2.75, 3.05) is 32.0 Å². The van der Waals surface area contributed by atoms with Gasteiger partial charge in [0.15, 0.2) is 11.5 Å². The fraction of sp³-hybridized carbons (Fsp3) is 0.136. The van der Waals surface area contributed by atoms with Crippen LogP contribution in [-0.2, 0) is 0 Å². The number of hydrogen-bond donors (Lipinski definition) is 2. The standard InChI is InChI=1S/C22H21FN2O4/c1-27-19-12-16(13-20(28-2)21(19)29-3)24-14-8-10-15(11-9-14)25-22(26)17-6-4-5-7-18(17)23/h4-13,24H,1-3H3,(H,25,26). The summed E-state index contributed by atoms with van der Waals surface area (Å²) < 4.78 is 29.7. The molecule has 0 fully saturated rings. The van der Waals surface area contributed by atoms with Crippen LogP contribution in [0.3, 0.4) is 0 Å². The zero-order valence-corrected chi connectivity index (χ0v) is 16.3. The normalized spacial score (nSPS) is 10.2. The van der Waals surface area contributed by atoms with Crippen molar-refractivity contribution in [2.45, 2.75) is 0 Å². The van der Waals surface area contributed by atoms with Gasteiger partial charge in [0, 0.05) is 29.2 Å². The number of methoxy groups -OCH3 is 3. The lowest BCUT2D eigenvalue weighted by atomic mass is 10.2. The topological polar surface area (TPSA) is 68.8 Å². The minimum absolute atomic E-state index is 0.00729. The Morgan fingerprint density at radius 2 is 1.38 bits per heavy atom. The van der Waals surface area contributed by atoms with Gasteiger partial charge in [-0.15, -0.1) is 0 Å². The van der Waals surface area contributed by atoms with E-state index in [1.165, 1.54) is 18.2 Å². The SMILES string of the molecule is COc1cc(Nc2ccc(NC(=O)c3ccccc3F)cc2)cc(OC)c1OC. The van der Waals surface area contributed by atoms with Crippen LogP contribution in [0.1, 0.15) is 10.4 Å². The van der Waals surface area contributed by atoms with Crippen LogP contribution >= 0.6 is 0 Å². The van der Waals surface area contributed by atoms with Crippen LogP contribution in [0.4, 0.5) is 21.5 Å². The van der Waals surface area contributed by atoms with E-state index in [2.05, 4.69) is 10.6 Å². The van der Waals surface area contributed by atoms with Crippen LogP contribution in [0, 0.1) is 5.82 Å². The minimum atomic E-state index is -0.564. The molecule has 7 heteroatoms. The van der Waals surface area contributed by atoms with Gasteiger partial charge in [-0.05, 0) is 36.4 Å². The summed E-state index contributed by atoms with van der Waals surface area (Å²) in [6, 6.07) is 16.4. The Balaban J connectivity index is 1.74. The van der Waals surface area contributed by atoms with Gasteiger partial charge in [-0.25, -0.2) is 4.39 Å². The summed E-state index contributed by atoms with van der Waals surface area (Å²) in [7, 11) is 4.64. The minimum Gasteiger partial charge on any atom is -0.493 e. The van der Waals surface area contributed by atoms with E-state index in [1.54, 1.807) is 63.8 Å². The van der Waals surface area contributed by atoms with Gasteiger partial charge in [0.25, 0.3) is 5.91 Å². The third-order valence-corrected chi connectivity index (χ3v) is 4.21. The van der Waals surface area contributed by atoms with Gasteiger partial charge in [0.2, 0.25) is 5.75 Å². The van der Waals surface area contributed by atoms with Crippen LogP contribution in [0.5, 0.6) is 17.2 Å². The monoisotopic (exact) mass is 396 g/mol. The van der Waals surface area contributed by atoms with Crippen molar-refractivity contribution >= 4 is 23.0 Å². The molecule has 0 unspecified atom stereocenters. The first kappa shape index (κ1) is 20.0. The summed E-state index contributed by atoms with van der Waals surface area (Å²) in [6.45, 7) is 0. The Morgan fingerprint density at radius 1 is 0.793 bits per heavy atom. The fourth-order valence-corrected chi connectivity index (χ4v) is 2.80. The molecule has 3 aromatic carbocycles. The van der Waals surface area contributed by atoms with Gasteiger partial charge in [0.1, 0.15) is 5.82 Å². The molecule has 0 heterocycles. The van der Waals surface area contributed by atoms with Crippen molar-refractivity contribution in [2.24, 2.45) is 0 Å². The second-order valence-corrected chi connectivity index (χ2v) is 6.05. The predicted octanol–water partition coefficient (Wildman–Crippen LogP) is 4.85. The molecule has 0 saturated carbocycles. The Kier molecular flexibility index (Phi) is 6.19. The van der Waals surface area contributed by atoms with E-state index in [0.717, 1.165) is 11.4 Å². The first-order valence-electron chi connectivity index (χ1n) is 8.78. The second-order valence-electron chi connectivity index (χ2n) is 6.05. The van der Waals surface area contributed by atoms with Gasteiger partial charge < -0.3 is 24.8 Å². The van der Waals surface area contributed by atoms with Crippen molar-refractivity contribution in [1.29, 1.82) is 0 Å². The maximum Gasteiger partial charge on any atom is 0.258 e. The summed E-state index contributed by atoms with van der Waals surface area (Å²) >= 11 is 0. The van der Waals surface area contributed by atoms with E-state index in [9.17, 15) is 9.18 Å². The largest absolute Gasteiger partial charge is 0.493 e. The van der Waals surface area contributed by atoms with Crippen LogP contribution < -0.4 is 24.8 Å².